The number of nitrogens with one attached hydrogen (secondary N) is 2. The summed E-state index contributed by atoms with van der Waals surface area (Å²) in [6.45, 7) is 0. The highest BCUT2D eigenvalue weighted by molar-refractivity contribution is 6.16. The van der Waals surface area contributed by atoms with Crippen molar-refractivity contribution >= 4 is 17.3 Å². The second kappa shape index (κ2) is 4.70. The van der Waals surface area contributed by atoms with Gasteiger partial charge >= 0.3 is 0 Å². The minimum absolute atomic E-state index is 0.0960. The zero-order valence-corrected chi connectivity index (χ0v) is 9.81. The van der Waals surface area contributed by atoms with Crippen molar-refractivity contribution in [3.8, 4) is 5.75 Å². The smallest absolute Gasteiger partial charge is 0.140 e. The van der Waals surface area contributed by atoms with Crippen LogP contribution in [-0.2, 0) is 0 Å². The third kappa shape index (κ3) is 2.08. The average Bonchev–Trinajstić information content (AvgIpc) is 2.37. The topological polar surface area (TPSA) is 108 Å². The number of rotatable bonds is 3. The first-order valence-corrected chi connectivity index (χ1v) is 5.30. The van der Waals surface area contributed by atoms with Crippen LogP contribution in [0.5, 0.6) is 5.75 Å². The molecular formula is C12H13N5O. The number of hydrogen-bond acceptors (Lipinski definition) is 6. The molecule has 0 amide bonds. The van der Waals surface area contributed by atoms with Crippen molar-refractivity contribution in [2.45, 2.75) is 0 Å². The molecule has 92 valence electrons. The molecule has 0 aliphatic heterocycles. The van der Waals surface area contributed by atoms with Gasteiger partial charge in [-0.1, -0.05) is 12.1 Å². The van der Waals surface area contributed by atoms with Crippen LogP contribution in [0.3, 0.4) is 0 Å². The van der Waals surface area contributed by atoms with Gasteiger partial charge in [-0.2, -0.15) is 0 Å². The predicted octanol–water partition coefficient (Wildman–Crippen LogP) is 1.22. The lowest BCUT2D eigenvalue weighted by Crippen LogP contribution is -2.12. The van der Waals surface area contributed by atoms with Crippen LogP contribution in [0.2, 0.25) is 0 Å². The summed E-state index contributed by atoms with van der Waals surface area (Å²) in [7, 11) is 1.70. The quantitative estimate of drug-likeness (QED) is 0.606. The third-order valence-electron chi connectivity index (χ3n) is 2.50. The van der Waals surface area contributed by atoms with Gasteiger partial charge in [0.2, 0.25) is 0 Å². The Kier molecular flexibility index (Phi) is 3.09. The van der Waals surface area contributed by atoms with Gasteiger partial charge in [-0.3, -0.25) is 5.41 Å². The molecule has 0 aliphatic rings. The summed E-state index contributed by atoms with van der Waals surface area (Å²) in [5, 5.41) is 20.4. The van der Waals surface area contributed by atoms with Gasteiger partial charge in [-0.15, -0.1) is 0 Å². The molecular weight excluding hydrogens is 230 g/mol. The Bertz CT molecular complexity index is 597. The van der Waals surface area contributed by atoms with Gasteiger partial charge in [-0.25, -0.2) is 9.97 Å². The molecule has 0 spiro atoms. The maximum atomic E-state index is 9.43. The zero-order chi connectivity index (χ0) is 13.1. The summed E-state index contributed by atoms with van der Waals surface area (Å²) in [6.07, 6.45) is 1.33. The summed E-state index contributed by atoms with van der Waals surface area (Å²) in [5.41, 5.74) is 6.91. The van der Waals surface area contributed by atoms with Crippen molar-refractivity contribution in [3.05, 3.63) is 41.7 Å². The Morgan fingerprint density at radius 2 is 2.17 bits per heavy atom. The molecule has 5 N–H and O–H groups in total. The van der Waals surface area contributed by atoms with Crippen molar-refractivity contribution in [1.29, 1.82) is 5.41 Å². The van der Waals surface area contributed by atoms with E-state index in [9.17, 15) is 5.11 Å². The van der Waals surface area contributed by atoms with Crippen LogP contribution in [0.1, 0.15) is 11.1 Å². The molecule has 0 radical (unpaired) electrons. The summed E-state index contributed by atoms with van der Waals surface area (Å²) in [4.78, 5) is 7.90. The van der Waals surface area contributed by atoms with Gasteiger partial charge in [0.15, 0.2) is 0 Å². The molecule has 1 heterocycles. The monoisotopic (exact) mass is 243 g/mol. The molecule has 1 aromatic carbocycles. The van der Waals surface area contributed by atoms with E-state index in [-0.39, 0.29) is 17.3 Å². The molecule has 0 bridgehead atoms. The summed E-state index contributed by atoms with van der Waals surface area (Å²) < 4.78 is 0. The molecule has 6 nitrogen and oxygen atoms in total. The van der Waals surface area contributed by atoms with E-state index in [2.05, 4.69) is 15.3 Å². The lowest BCUT2D eigenvalue weighted by molar-refractivity contribution is 0.475. The fourth-order valence-electron chi connectivity index (χ4n) is 1.64. The van der Waals surface area contributed by atoms with Crippen LogP contribution in [0, 0.1) is 5.41 Å². The SMILES string of the molecule is CNc1ncnc(N)c1C(=N)c1cccc(O)c1. The van der Waals surface area contributed by atoms with Crippen LogP contribution in [0.15, 0.2) is 30.6 Å². The van der Waals surface area contributed by atoms with E-state index < -0.39 is 0 Å². The molecule has 0 aliphatic carbocycles. The molecule has 2 rings (SSSR count). The van der Waals surface area contributed by atoms with E-state index >= 15 is 0 Å². The number of aromatic nitrogens is 2. The number of aromatic hydroxyl groups is 1. The van der Waals surface area contributed by atoms with Crippen molar-refractivity contribution < 1.29 is 5.11 Å². The molecule has 2 aromatic rings. The standard InChI is InChI=1S/C12H13N5O/c1-15-12-9(11(14)16-6-17-12)10(13)7-3-2-4-8(18)5-7/h2-6,13,18H,1H3,(H3,14,15,16,17). The van der Waals surface area contributed by atoms with E-state index in [0.29, 0.717) is 16.9 Å². The van der Waals surface area contributed by atoms with Crippen molar-refractivity contribution in [2.24, 2.45) is 0 Å². The lowest BCUT2D eigenvalue weighted by Gasteiger charge is -2.11. The summed E-state index contributed by atoms with van der Waals surface area (Å²) >= 11 is 0. The summed E-state index contributed by atoms with van der Waals surface area (Å²) in [5.74, 6) is 0.803. The van der Waals surface area contributed by atoms with Crippen LogP contribution in [0.4, 0.5) is 11.6 Å². The predicted molar refractivity (Wildman–Crippen MR) is 70.0 cm³/mol. The minimum atomic E-state index is 0.0960. The van der Waals surface area contributed by atoms with Crippen molar-refractivity contribution in [2.75, 3.05) is 18.1 Å². The number of phenols is 1. The second-order valence-electron chi connectivity index (χ2n) is 3.66. The Hall–Kier alpha value is -2.63. The van der Waals surface area contributed by atoms with Gasteiger partial charge in [0.1, 0.15) is 23.7 Å². The highest BCUT2D eigenvalue weighted by Crippen LogP contribution is 2.22. The number of anilines is 2. The first-order valence-electron chi connectivity index (χ1n) is 5.30. The van der Waals surface area contributed by atoms with Crippen LogP contribution < -0.4 is 11.1 Å². The molecule has 0 unspecified atom stereocenters. The van der Waals surface area contributed by atoms with Gasteiger partial charge in [0.05, 0.1) is 11.3 Å². The van der Waals surface area contributed by atoms with Crippen molar-refractivity contribution in [1.82, 2.24) is 9.97 Å². The number of nitrogens with zero attached hydrogens (tertiary/aromatic N) is 2. The number of hydrogen-bond donors (Lipinski definition) is 4. The number of phenolic OH excluding ortho intramolecular Hbond substituents is 1. The summed E-state index contributed by atoms with van der Waals surface area (Å²) in [6, 6.07) is 6.42. The van der Waals surface area contributed by atoms with Gasteiger partial charge in [0.25, 0.3) is 0 Å². The fourth-order valence-corrected chi connectivity index (χ4v) is 1.64. The Balaban J connectivity index is 2.52. The van der Waals surface area contributed by atoms with Crippen LogP contribution >= 0.6 is 0 Å². The number of nitrogens with two attached hydrogens (primary N) is 1. The maximum Gasteiger partial charge on any atom is 0.140 e. The number of benzene rings is 1. The molecule has 0 saturated carbocycles. The van der Waals surface area contributed by atoms with Crippen LogP contribution in [0.25, 0.3) is 0 Å². The minimum Gasteiger partial charge on any atom is -0.508 e. The van der Waals surface area contributed by atoms with E-state index in [0.717, 1.165) is 0 Å². The molecule has 18 heavy (non-hydrogen) atoms. The van der Waals surface area contributed by atoms with Gasteiger partial charge in [0, 0.05) is 12.6 Å². The molecule has 0 atom stereocenters. The molecule has 6 heteroatoms. The van der Waals surface area contributed by atoms with E-state index in [1.807, 2.05) is 0 Å². The Morgan fingerprint density at radius 3 is 2.83 bits per heavy atom. The first-order chi connectivity index (χ1) is 8.63. The highest BCUT2D eigenvalue weighted by Gasteiger charge is 2.15. The highest BCUT2D eigenvalue weighted by atomic mass is 16.3. The van der Waals surface area contributed by atoms with Crippen LogP contribution in [-0.4, -0.2) is 27.8 Å². The van der Waals surface area contributed by atoms with E-state index in [4.69, 9.17) is 11.1 Å². The first kappa shape index (κ1) is 11.8. The lowest BCUT2D eigenvalue weighted by atomic mass is 10.0. The maximum absolute atomic E-state index is 9.43. The van der Waals surface area contributed by atoms with E-state index in [1.165, 1.54) is 12.4 Å². The van der Waals surface area contributed by atoms with E-state index in [1.54, 1.807) is 25.2 Å². The Labute approximate surface area is 104 Å². The molecule has 1 aromatic heterocycles. The zero-order valence-electron chi connectivity index (χ0n) is 9.81. The average molecular weight is 243 g/mol. The van der Waals surface area contributed by atoms with Gasteiger partial charge < -0.3 is 16.2 Å². The van der Waals surface area contributed by atoms with Crippen molar-refractivity contribution in [3.63, 3.8) is 0 Å². The third-order valence-corrected chi connectivity index (χ3v) is 2.50. The normalized spacial score (nSPS) is 10.1. The fraction of sp³-hybridized carbons (Fsp3) is 0.0833. The second-order valence-corrected chi connectivity index (χ2v) is 3.66. The largest absolute Gasteiger partial charge is 0.508 e. The van der Waals surface area contributed by atoms with Gasteiger partial charge in [-0.05, 0) is 12.1 Å². The Morgan fingerprint density at radius 1 is 1.39 bits per heavy atom. The number of nitrogen functional groups attached to an aromatic ring is 1. The molecule has 0 saturated heterocycles. The molecule has 0 fully saturated rings.